The number of ether oxygens (including phenoxy) is 1. The SMILES string of the molecule is CC(c1ccccn1)C(Cl)C1CCOC1. The highest BCUT2D eigenvalue weighted by Gasteiger charge is 2.29. The van der Waals surface area contributed by atoms with Crippen LogP contribution in [0.15, 0.2) is 24.4 Å². The lowest BCUT2D eigenvalue weighted by molar-refractivity contribution is 0.183. The molecule has 3 atom stereocenters. The van der Waals surface area contributed by atoms with E-state index in [1.165, 1.54) is 0 Å². The molecule has 1 aliphatic rings. The van der Waals surface area contributed by atoms with Gasteiger partial charge in [-0.2, -0.15) is 0 Å². The van der Waals surface area contributed by atoms with Crippen molar-refractivity contribution in [2.24, 2.45) is 5.92 Å². The van der Waals surface area contributed by atoms with E-state index in [4.69, 9.17) is 16.3 Å². The second-order valence-corrected chi connectivity index (χ2v) is 4.62. The van der Waals surface area contributed by atoms with Gasteiger partial charge in [-0.1, -0.05) is 13.0 Å². The van der Waals surface area contributed by atoms with Gasteiger partial charge in [0.1, 0.15) is 0 Å². The lowest BCUT2D eigenvalue weighted by Gasteiger charge is -2.22. The number of halogens is 1. The molecule has 82 valence electrons. The van der Waals surface area contributed by atoms with E-state index < -0.39 is 0 Å². The Labute approximate surface area is 95.6 Å². The Hall–Kier alpha value is -0.600. The van der Waals surface area contributed by atoms with Gasteiger partial charge in [-0.25, -0.2) is 0 Å². The van der Waals surface area contributed by atoms with E-state index in [-0.39, 0.29) is 5.38 Å². The first-order chi connectivity index (χ1) is 7.29. The van der Waals surface area contributed by atoms with Gasteiger partial charge in [-0.3, -0.25) is 4.98 Å². The van der Waals surface area contributed by atoms with Gasteiger partial charge in [-0.05, 0) is 18.6 Å². The van der Waals surface area contributed by atoms with E-state index >= 15 is 0 Å². The molecule has 1 aromatic heterocycles. The zero-order chi connectivity index (χ0) is 10.7. The van der Waals surface area contributed by atoms with Gasteiger partial charge in [-0.15, -0.1) is 11.6 Å². The lowest BCUT2D eigenvalue weighted by Crippen LogP contribution is -2.21. The predicted molar refractivity (Wildman–Crippen MR) is 61.2 cm³/mol. The zero-order valence-electron chi connectivity index (χ0n) is 8.90. The van der Waals surface area contributed by atoms with Crippen molar-refractivity contribution in [3.8, 4) is 0 Å². The summed E-state index contributed by atoms with van der Waals surface area (Å²) in [6, 6.07) is 5.97. The number of hydrogen-bond acceptors (Lipinski definition) is 2. The van der Waals surface area contributed by atoms with Crippen LogP contribution in [0, 0.1) is 5.92 Å². The minimum atomic E-state index is 0.127. The van der Waals surface area contributed by atoms with Gasteiger partial charge >= 0.3 is 0 Å². The van der Waals surface area contributed by atoms with Crippen LogP contribution in [-0.2, 0) is 4.74 Å². The first-order valence-corrected chi connectivity index (χ1v) is 5.85. The molecule has 1 aliphatic heterocycles. The monoisotopic (exact) mass is 225 g/mol. The molecule has 3 heteroatoms. The maximum atomic E-state index is 6.45. The maximum Gasteiger partial charge on any atom is 0.0509 e. The van der Waals surface area contributed by atoms with Crippen LogP contribution < -0.4 is 0 Å². The topological polar surface area (TPSA) is 22.1 Å². The van der Waals surface area contributed by atoms with Gasteiger partial charge in [0.05, 0.1) is 6.61 Å². The Bertz CT molecular complexity index is 298. The van der Waals surface area contributed by atoms with E-state index in [1.807, 2.05) is 24.4 Å². The normalized spacial score (nSPS) is 25.1. The summed E-state index contributed by atoms with van der Waals surface area (Å²) < 4.78 is 5.36. The molecule has 1 aromatic rings. The third-order valence-electron chi connectivity index (χ3n) is 3.05. The highest BCUT2D eigenvalue weighted by atomic mass is 35.5. The Kier molecular flexibility index (Phi) is 3.60. The number of hydrogen-bond donors (Lipinski definition) is 0. The number of nitrogens with zero attached hydrogens (tertiary/aromatic N) is 1. The number of rotatable bonds is 3. The summed E-state index contributed by atoms with van der Waals surface area (Å²) in [5.74, 6) is 0.767. The fourth-order valence-corrected chi connectivity index (χ4v) is 2.35. The summed E-state index contributed by atoms with van der Waals surface area (Å²) in [5, 5.41) is 0.127. The van der Waals surface area contributed by atoms with Crippen LogP contribution in [0.2, 0.25) is 0 Å². The smallest absolute Gasteiger partial charge is 0.0509 e. The van der Waals surface area contributed by atoms with Crippen LogP contribution in [0.3, 0.4) is 0 Å². The van der Waals surface area contributed by atoms with Crippen molar-refractivity contribution in [1.29, 1.82) is 0 Å². The van der Waals surface area contributed by atoms with E-state index in [2.05, 4.69) is 11.9 Å². The number of alkyl halides is 1. The van der Waals surface area contributed by atoms with E-state index in [0.717, 1.165) is 25.3 Å². The first kappa shape index (κ1) is 10.9. The van der Waals surface area contributed by atoms with Crippen LogP contribution >= 0.6 is 11.6 Å². The molecule has 1 saturated heterocycles. The summed E-state index contributed by atoms with van der Waals surface area (Å²) in [7, 11) is 0. The predicted octanol–water partition coefficient (Wildman–Crippen LogP) is 2.83. The Balaban J connectivity index is 2.03. The summed E-state index contributed by atoms with van der Waals surface area (Å²) >= 11 is 6.45. The average molecular weight is 226 g/mol. The molecule has 0 N–H and O–H groups in total. The third kappa shape index (κ3) is 2.50. The molecule has 0 aliphatic carbocycles. The summed E-state index contributed by atoms with van der Waals surface area (Å²) in [4.78, 5) is 4.35. The van der Waals surface area contributed by atoms with Crippen molar-refractivity contribution >= 4 is 11.6 Å². The molecule has 0 saturated carbocycles. The fourth-order valence-electron chi connectivity index (χ4n) is 2.02. The molecule has 0 aromatic carbocycles. The highest BCUT2D eigenvalue weighted by molar-refractivity contribution is 6.21. The summed E-state index contributed by atoms with van der Waals surface area (Å²) in [6.45, 7) is 3.78. The molecule has 3 unspecified atom stereocenters. The second kappa shape index (κ2) is 4.95. The third-order valence-corrected chi connectivity index (χ3v) is 3.78. The Morgan fingerprint density at radius 2 is 2.40 bits per heavy atom. The first-order valence-electron chi connectivity index (χ1n) is 5.42. The summed E-state index contributed by atoms with van der Waals surface area (Å²) in [6.07, 6.45) is 2.89. The standard InChI is InChI=1S/C12H16ClNO/c1-9(11-4-2-3-6-14-11)12(13)10-5-7-15-8-10/h2-4,6,9-10,12H,5,7-8H2,1H3. The zero-order valence-corrected chi connectivity index (χ0v) is 9.65. The Morgan fingerprint density at radius 3 is 3.00 bits per heavy atom. The second-order valence-electron chi connectivity index (χ2n) is 4.11. The van der Waals surface area contributed by atoms with Crippen molar-refractivity contribution in [3.63, 3.8) is 0 Å². The van der Waals surface area contributed by atoms with E-state index in [0.29, 0.717) is 11.8 Å². The minimum Gasteiger partial charge on any atom is -0.381 e. The Morgan fingerprint density at radius 1 is 1.53 bits per heavy atom. The molecule has 2 nitrogen and oxygen atoms in total. The highest BCUT2D eigenvalue weighted by Crippen LogP contribution is 2.31. The van der Waals surface area contributed by atoms with Crippen molar-refractivity contribution in [1.82, 2.24) is 4.98 Å². The van der Waals surface area contributed by atoms with Gasteiger partial charge in [0.15, 0.2) is 0 Å². The van der Waals surface area contributed by atoms with Crippen LogP contribution in [0.5, 0.6) is 0 Å². The van der Waals surface area contributed by atoms with Gasteiger partial charge in [0.2, 0.25) is 0 Å². The van der Waals surface area contributed by atoms with Crippen LogP contribution in [-0.4, -0.2) is 23.6 Å². The molecule has 0 bridgehead atoms. The van der Waals surface area contributed by atoms with Crippen molar-refractivity contribution in [3.05, 3.63) is 30.1 Å². The van der Waals surface area contributed by atoms with Crippen LogP contribution in [0.1, 0.15) is 25.0 Å². The summed E-state index contributed by atoms with van der Waals surface area (Å²) in [5.41, 5.74) is 1.07. The molecule has 0 amide bonds. The van der Waals surface area contributed by atoms with E-state index in [1.54, 1.807) is 0 Å². The van der Waals surface area contributed by atoms with Gasteiger partial charge < -0.3 is 4.74 Å². The molecule has 0 spiro atoms. The molecular formula is C12H16ClNO. The fraction of sp³-hybridized carbons (Fsp3) is 0.583. The molecule has 0 radical (unpaired) electrons. The molecule has 15 heavy (non-hydrogen) atoms. The molecule has 2 heterocycles. The lowest BCUT2D eigenvalue weighted by atomic mass is 9.92. The van der Waals surface area contributed by atoms with Gasteiger partial charge in [0, 0.05) is 35.7 Å². The molecular weight excluding hydrogens is 210 g/mol. The number of aromatic nitrogens is 1. The molecule has 2 rings (SSSR count). The average Bonchev–Trinajstić information content (AvgIpc) is 2.82. The molecule has 1 fully saturated rings. The van der Waals surface area contributed by atoms with E-state index in [9.17, 15) is 0 Å². The quantitative estimate of drug-likeness (QED) is 0.738. The largest absolute Gasteiger partial charge is 0.381 e. The van der Waals surface area contributed by atoms with Crippen molar-refractivity contribution in [2.45, 2.75) is 24.6 Å². The van der Waals surface area contributed by atoms with Crippen molar-refractivity contribution in [2.75, 3.05) is 13.2 Å². The van der Waals surface area contributed by atoms with Crippen LogP contribution in [0.25, 0.3) is 0 Å². The maximum absolute atomic E-state index is 6.45. The number of pyridine rings is 1. The van der Waals surface area contributed by atoms with Crippen molar-refractivity contribution < 1.29 is 4.74 Å². The van der Waals surface area contributed by atoms with Crippen LogP contribution in [0.4, 0.5) is 0 Å². The minimum absolute atomic E-state index is 0.127. The van der Waals surface area contributed by atoms with Gasteiger partial charge in [0.25, 0.3) is 0 Å².